The normalized spacial score (nSPS) is 11.4. The molecule has 3 nitrogen and oxygen atoms in total. The first-order chi connectivity index (χ1) is 7.97. The minimum Gasteiger partial charge on any atom is -0.255 e. The monoisotopic (exact) mass is 311 g/mol. The van der Waals surface area contributed by atoms with Crippen molar-refractivity contribution in [3.63, 3.8) is 0 Å². The number of nitrogens with zero attached hydrogens (tertiary/aromatic N) is 1. The molecule has 0 radical (unpaired) electrons. The summed E-state index contributed by atoms with van der Waals surface area (Å²) >= 11 is 3.31. The van der Waals surface area contributed by atoms with Gasteiger partial charge in [0.1, 0.15) is 0 Å². The molecule has 0 spiro atoms. The molecule has 0 saturated heterocycles. The van der Waals surface area contributed by atoms with Crippen LogP contribution in [0, 0.1) is 0 Å². The summed E-state index contributed by atoms with van der Waals surface area (Å²) in [5.41, 5.74) is 1.71. The maximum absolute atomic E-state index is 11.3. The van der Waals surface area contributed by atoms with Gasteiger partial charge in [-0.2, -0.15) is 0 Å². The van der Waals surface area contributed by atoms with Gasteiger partial charge in [0.25, 0.3) is 0 Å². The predicted octanol–water partition coefficient (Wildman–Crippen LogP) is 2.91. The van der Waals surface area contributed by atoms with Crippen LogP contribution in [-0.2, 0) is 9.84 Å². The van der Waals surface area contributed by atoms with E-state index in [1.165, 1.54) is 6.26 Å². The molecule has 5 heteroatoms. The van der Waals surface area contributed by atoms with Gasteiger partial charge in [-0.3, -0.25) is 4.98 Å². The Kier molecular flexibility index (Phi) is 3.31. The summed E-state index contributed by atoms with van der Waals surface area (Å²) < 4.78 is 23.5. The minimum atomic E-state index is -3.14. The highest BCUT2D eigenvalue weighted by atomic mass is 79.9. The smallest absolute Gasteiger partial charge is 0.175 e. The van der Waals surface area contributed by atoms with Gasteiger partial charge in [0.05, 0.1) is 10.6 Å². The van der Waals surface area contributed by atoms with Crippen LogP contribution in [0.15, 0.2) is 52.0 Å². The van der Waals surface area contributed by atoms with Gasteiger partial charge in [0, 0.05) is 22.5 Å². The van der Waals surface area contributed by atoms with Gasteiger partial charge in [-0.25, -0.2) is 8.42 Å². The van der Waals surface area contributed by atoms with Gasteiger partial charge in [0.2, 0.25) is 0 Å². The molecule has 0 atom stereocenters. The van der Waals surface area contributed by atoms with E-state index in [2.05, 4.69) is 20.9 Å². The highest BCUT2D eigenvalue weighted by molar-refractivity contribution is 9.10. The van der Waals surface area contributed by atoms with Gasteiger partial charge < -0.3 is 0 Å². The number of pyridine rings is 1. The molecule has 0 aliphatic carbocycles. The van der Waals surface area contributed by atoms with Crippen LogP contribution in [0.2, 0.25) is 0 Å². The highest BCUT2D eigenvalue weighted by Crippen LogP contribution is 2.20. The maximum Gasteiger partial charge on any atom is 0.175 e. The lowest BCUT2D eigenvalue weighted by molar-refractivity contribution is 0.602. The quantitative estimate of drug-likeness (QED) is 0.856. The van der Waals surface area contributed by atoms with Gasteiger partial charge in [0.15, 0.2) is 9.84 Å². The van der Waals surface area contributed by atoms with Crippen LogP contribution in [0.5, 0.6) is 0 Å². The molecule has 2 aromatic rings. The lowest BCUT2D eigenvalue weighted by Gasteiger charge is -2.02. The second-order valence-electron chi connectivity index (χ2n) is 3.66. The van der Waals surface area contributed by atoms with Crippen LogP contribution >= 0.6 is 15.9 Å². The average molecular weight is 312 g/mol. The van der Waals surface area contributed by atoms with Crippen LogP contribution in [-0.4, -0.2) is 19.7 Å². The Balaban J connectivity index is 2.39. The van der Waals surface area contributed by atoms with Crippen molar-refractivity contribution in [3.05, 3.63) is 47.1 Å². The first kappa shape index (κ1) is 12.3. The molecule has 1 aromatic carbocycles. The summed E-state index contributed by atoms with van der Waals surface area (Å²) in [4.78, 5) is 4.56. The van der Waals surface area contributed by atoms with Crippen molar-refractivity contribution in [3.8, 4) is 11.3 Å². The third kappa shape index (κ3) is 2.92. The van der Waals surface area contributed by atoms with Crippen LogP contribution in [0.25, 0.3) is 11.3 Å². The summed E-state index contributed by atoms with van der Waals surface area (Å²) in [6.07, 6.45) is 2.90. The first-order valence-electron chi connectivity index (χ1n) is 4.89. The molecule has 88 valence electrons. The SMILES string of the molecule is CS(=O)(=O)c1ccc(-c2ccc(Br)cn2)cc1. The van der Waals surface area contributed by atoms with E-state index in [-0.39, 0.29) is 0 Å². The Morgan fingerprint density at radius 3 is 2.18 bits per heavy atom. The lowest BCUT2D eigenvalue weighted by Crippen LogP contribution is -1.96. The fraction of sp³-hybridized carbons (Fsp3) is 0.0833. The van der Waals surface area contributed by atoms with Crippen molar-refractivity contribution < 1.29 is 8.42 Å². The third-order valence-corrected chi connectivity index (χ3v) is 3.90. The Bertz CT molecular complexity index is 619. The first-order valence-corrected chi connectivity index (χ1v) is 7.57. The average Bonchev–Trinajstić information content (AvgIpc) is 2.29. The Morgan fingerprint density at radius 2 is 1.71 bits per heavy atom. The van der Waals surface area contributed by atoms with Gasteiger partial charge >= 0.3 is 0 Å². The second-order valence-corrected chi connectivity index (χ2v) is 6.59. The number of aromatic nitrogens is 1. The Labute approximate surface area is 109 Å². The molecule has 0 saturated carbocycles. The summed E-state index contributed by atoms with van der Waals surface area (Å²) in [6, 6.07) is 10.5. The molecule has 2 rings (SSSR count). The third-order valence-electron chi connectivity index (χ3n) is 2.31. The Morgan fingerprint density at radius 1 is 1.06 bits per heavy atom. The van der Waals surface area contributed by atoms with Crippen LogP contribution in [0.1, 0.15) is 0 Å². The number of rotatable bonds is 2. The zero-order valence-corrected chi connectivity index (χ0v) is 11.5. The summed E-state index contributed by atoms with van der Waals surface area (Å²) in [7, 11) is -3.14. The summed E-state index contributed by atoms with van der Waals surface area (Å²) in [6.45, 7) is 0. The van der Waals surface area contributed by atoms with E-state index in [0.29, 0.717) is 4.90 Å². The number of hydrogen-bond donors (Lipinski definition) is 0. The number of halogens is 1. The van der Waals surface area contributed by atoms with E-state index >= 15 is 0 Å². The van der Waals surface area contributed by atoms with Crippen molar-refractivity contribution in [2.45, 2.75) is 4.90 Å². The lowest BCUT2D eigenvalue weighted by atomic mass is 10.1. The fourth-order valence-electron chi connectivity index (χ4n) is 1.42. The Hall–Kier alpha value is -1.20. The molecule has 1 aromatic heterocycles. The number of hydrogen-bond acceptors (Lipinski definition) is 3. The number of sulfone groups is 1. The maximum atomic E-state index is 11.3. The second kappa shape index (κ2) is 4.58. The molecule has 0 amide bonds. The predicted molar refractivity (Wildman–Crippen MR) is 70.5 cm³/mol. The van der Waals surface area contributed by atoms with Crippen LogP contribution in [0.3, 0.4) is 0 Å². The highest BCUT2D eigenvalue weighted by Gasteiger charge is 2.07. The van der Waals surface area contributed by atoms with E-state index < -0.39 is 9.84 Å². The molecule has 0 unspecified atom stereocenters. The molecule has 0 aliphatic rings. The zero-order valence-electron chi connectivity index (χ0n) is 9.09. The molecule has 0 aliphatic heterocycles. The number of benzene rings is 1. The molecule has 17 heavy (non-hydrogen) atoms. The molecule has 0 fully saturated rings. The van der Waals surface area contributed by atoms with Crippen molar-refractivity contribution in [2.75, 3.05) is 6.26 Å². The molecule has 0 N–H and O–H groups in total. The van der Waals surface area contributed by atoms with Gasteiger partial charge in [-0.1, -0.05) is 12.1 Å². The fourth-order valence-corrected chi connectivity index (χ4v) is 2.28. The topological polar surface area (TPSA) is 47.0 Å². The summed E-state index contributed by atoms with van der Waals surface area (Å²) in [5.74, 6) is 0. The van der Waals surface area contributed by atoms with E-state index in [1.54, 1.807) is 30.5 Å². The molecule has 1 heterocycles. The van der Waals surface area contributed by atoms with Crippen molar-refractivity contribution in [2.24, 2.45) is 0 Å². The van der Waals surface area contributed by atoms with E-state index in [4.69, 9.17) is 0 Å². The van der Waals surface area contributed by atoms with Crippen LogP contribution in [0.4, 0.5) is 0 Å². The molecule has 0 bridgehead atoms. The van der Waals surface area contributed by atoms with E-state index in [9.17, 15) is 8.42 Å². The standard InChI is InChI=1S/C12H10BrNO2S/c1-17(15,16)11-5-2-9(3-6-11)12-7-4-10(13)8-14-12/h2-8H,1H3. The van der Waals surface area contributed by atoms with E-state index in [1.807, 2.05) is 12.1 Å². The zero-order chi connectivity index (χ0) is 12.5. The van der Waals surface area contributed by atoms with E-state index in [0.717, 1.165) is 15.7 Å². The van der Waals surface area contributed by atoms with Crippen molar-refractivity contribution in [1.82, 2.24) is 4.98 Å². The molecular formula is C12H10BrNO2S. The van der Waals surface area contributed by atoms with Crippen molar-refractivity contribution in [1.29, 1.82) is 0 Å². The van der Waals surface area contributed by atoms with Gasteiger partial charge in [-0.15, -0.1) is 0 Å². The minimum absolute atomic E-state index is 0.318. The largest absolute Gasteiger partial charge is 0.255 e. The molecular weight excluding hydrogens is 302 g/mol. The van der Waals surface area contributed by atoms with Crippen molar-refractivity contribution >= 4 is 25.8 Å². The van der Waals surface area contributed by atoms with Gasteiger partial charge in [-0.05, 0) is 40.2 Å². The van der Waals surface area contributed by atoms with Crippen LogP contribution < -0.4 is 0 Å². The summed E-state index contributed by atoms with van der Waals surface area (Å²) in [5, 5.41) is 0.